The Morgan fingerprint density at radius 1 is 1.58 bits per heavy atom. The lowest BCUT2D eigenvalue weighted by atomic mass is 9.98. The lowest BCUT2D eigenvalue weighted by Gasteiger charge is -2.20. The highest BCUT2D eigenvalue weighted by atomic mass is 19.3. The third-order valence-electron chi connectivity index (χ3n) is 3.19. The molecular formula is C14H16F2N2O. The third-order valence-corrected chi connectivity index (χ3v) is 3.19. The quantitative estimate of drug-likeness (QED) is 0.913. The van der Waals surface area contributed by atoms with Crippen molar-refractivity contribution in [2.75, 3.05) is 0 Å². The smallest absolute Gasteiger partial charge is 0.293 e. The second-order valence-corrected chi connectivity index (χ2v) is 4.76. The second-order valence-electron chi connectivity index (χ2n) is 4.76. The average molecular weight is 266 g/mol. The molecule has 0 aliphatic heterocycles. The zero-order valence-electron chi connectivity index (χ0n) is 10.9. The van der Waals surface area contributed by atoms with E-state index in [0.717, 1.165) is 6.42 Å². The van der Waals surface area contributed by atoms with Crippen LogP contribution in [-0.4, -0.2) is 16.9 Å². The molecule has 1 unspecified atom stereocenters. The van der Waals surface area contributed by atoms with Gasteiger partial charge in [-0.3, -0.25) is 9.78 Å². The highest BCUT2D eigenvalue weighted by Gasteiger charge is 2.36. The maximum atomic E-state index is 13.6. The van der Waals surface area contributed by atoms with Gasteiger partial charge in [0.25, 0.3) is 11.8 Å². The number of nitrogens with zero attached hydrogens (tertiary/aromatic N) is 1. The molecule has 0 saturated carbocycles. The molecular weight excluding hydrogens is 250 g/mol. The Balaban J connectivity index is 2.28. The van der Waals surface area contributed by atoms with Gasteiger partial charge in [0, 0.05) is 24.2 Å². The lowest BCUT2D eigenvalue weighted by Crippen LogP contribution is -2.32. The van der Waals surface area contributed by atoms with Crippen LogP contribution in [-0.2, 0) is 5.92 Å². The summed E-state index contributed by atoms with van der Waals surface area (Å²) in [7, 11) is 0. The van der Waals surface area contributed by atoms with E-state index in [4.69, 9.17) is 0 Å². The predicted octanol–water partition coefficient (Wildman–Crippen LogP) is 3.12. The number of nitrogens with one attached hydrogen (secondary N) is 1. The summed E-state index contributed by atoms with van der Waals surface area (Å²) in [6.45, 7) is 3.84. The minimum atomic E-state index is -2.95. The van der Waals surface area contributed by atoms with Crippen LogP contribution in [0.5, 0.6) is 0 Å². The van der Waals surface area contributed by atoms with Crippen molar-refractivity contribution in [2.45, 2.75) is 38.7 Å². The molecule has 1 aromatic heterocycles. The minimum Gasteiger partial charge on any atom is -0.350 e. The summed E-state index contributed by atoms with van der Waals surface area (Å²) >= 11 is 0. The molecule has 1 aliphatic carbocycles. The fraction of sp³-hybridized carbons (Fsp3) is 0.429. The molecule has 1 atom stereocenters. The molecule has 0 fully saturated rings. The Bertz CT molecular complexity index is 526. The number of hydrogen-bond acceptors (Lipinski definition) is 2. The molecule has 1 heterocycles. The van der Waals surface area contributed by atoms with Crippen LogP contribution in [0.25, 0.3) is 6.08 Å². The largest absolute Gasteiger partial charge is 0.350 e. The van der Waals surface area contributed by atoms with Crippen molar-refractivity contribution in [3.63, 3.8) is 0 Å². The summed E-state index contributed by atoms with van der Waals surface area (Å²) in [5, 5.41) is 2.78. The Morgan fingerprint density at radius 2 is 2.32 bits per heavy atom. The number of halogens is 2. The number of aromatic nitrogens is 1. The fourth-order valence-corrected chi connectivity index (χ4v) is 1.88. The monoisotopic (exact) mass is 266 g/mol. The summed E-state index contributed by atoms with van der Waals surface area (Å²) in [5.41, 5.74) is 0.365. The van der Waals surface area contributed by atoms with Crippen LogP contribution >= 0.6 is 0 Å². The number of hydrogen-bond donors (Lipinski definition) is 1. The van der Waals surface area contributed by atoms with Gasteiger partial charge in [0.1, 0.15) is 5.69 Å². The van der Waals surface area contributed by atoms with Gasteiger partial charge in [-0.2, -0.15) is 8.78 Å². The van der Waals surface area contributed by atoms with Crippen molar-refractivity contribution in [3.8, 4) is 0 Å². The van der Waals surface area contributed by atoms with E-state index in [1.165, 1.54) is 18.3 Å². The number of carbonyl (C=O) groups excluding carboxylic acids is 1. The third kappa shape index (κ3) is 2.80. The number of pyridine rings is 1. The lowest BCUT2D eigenvalue weighted by molar-refractivity contribution is -0.00688. The minimum absolute atomic E-state index is 0.0421. The van der Waals surface area contributed by atoms with Crippen LogP contribution in [0.1, 0.15) is 48.3 Å². The van der Waals surface area contributed by atoms with Gasteiger partial charge in [0.15, 0.2) is 0 Å². The molecule has 2 rings (SSSR count). The Morgan fingerprint density at radius 3 is 3.00 bits per heavy atom. The molecule has 0 aromatic carbocycles. The van der Waals surface area contributed by atoms with E-state index in [9.17, 15) is 13.6 Å². The summed E-state index contributed by atoms with van der Waals surface area (Å²) in [6, 6.07) is 1.50. The zero-order chi connectivity index (χ0) is 14.0. The molecule has 1 aromatic rings. The Labute approximate surface area is 110 Å². The van der Waals surface area contributed by atoms with Gasteiger partial charge in [0.05, 0.1) is 5.56 Å². The molecule has 0 radical (unpaired) electrons. The van der Waals surface area contributed by atoms with Gasteiger partial charge in [-0.1, -0.05) is 19.1 Å². The van der Waals surface area contributed by atoms with E-state index >= 15 is 0 Å². The normalized spacial score (nSPS) is 17.7. The average Bonchev–Trinajstić information content (AvgIpc) is 2.37. The first-order valence-electron chi connectivity index (χ1n) is 6.30. The van der Waals surface area contributed by atoms with E-state index in [1.807, 2.05) is 13.8 Å². The molecule has 1 amide bonds. The van der Waals surface area contributed by atoms with Crippen molar-refractivity contribution in [1.29, 1.82) is 0 Å². The molecule has 0 bridgehead atoms. The van der Waals surface area contributed by atoms with E-state index in [0.29, 0.717) is 11.1 Å². The zero-order valence-corrected chi connectivity index (χ0v) is 10.9. The number of fused-ring (bicyclic) bond motifs is 1. The van der Waals surface area contributed by atoms with Crippen LogP contribution in [0, 0.1) is 0 Å². The number of alkyl halides is 2. The van der Waals surface area contributed by atoms with Crippen LogP contribution in [0.2, 0.25) is 0 Å². The molecule has 0 saturated heterocycles. The highest BCUT2D eigenvalue weighted by Crippen LogP contribution is 2.37. The number of amides is 1. The Kier molecular flexibility index (Phi) is 3.64. The van der Waals surface area contributed by atoms with E-state index in [-0.39, 0.29) is 24.1 Å². The van der Waals surface area contributed by atoms with Crippen LogP contribution in [0.4, 0.5) is 8.78 Å². The van der Waals surface area contributed by atoms with Crippen molar-refractivity contribution in [2.24, 2.45) is 0 Å². The van der Waals surface area contributed by atoms with Gasteiger partial charge in [-0.25, -0.2) is 0 Å². The molecule has 0 spiro atoms. The summed E-state index contributed by atoms with van der Waals surface area (Å²) in [4.78, 5) is 15.7. The summed E-state index contributed by atoms with van der Waals surface area (Å²) in [5.74, 6) is -3.23. The number of allylic oxidation sites excluding steroid dienone is 1. The molecule has 1 aliphatic rings. The van der Waals surface area contributed by atoms with Crippen molar-refractivity contribution in [1.82, 2.24) is 10.3 Å². The van der Waals surface area contributed by atoms with Gasteiger partial charge in [-0.05, 0) is 19.4 Å². The van der Waals surface area contributed by atoms with Crippen LogP contribution < -0.4 is 5.32 Å². The molecule has 19 heavy (non-hydrogen) atoms. The first-order chi connectivity index (χ1) is 8.94. The van der Waals surface area contributed by atoms with E-state index in [1.54, 1.807) is 6.08 Å². The molecule has 102 valence electrons. The topological polar surface area (TPSA) is 42.0 Å². The molecule has 1 N–H and O–H groups in total. The first kappa shape index (κ1) is 13.6. The van der Waals surface area contributed by atoms with Crippen molar-refractivity contribution >= 4 is 12.0 Å². The molecule has 5 heteroatoms. The second kappa shape index (κ2) is 5.07. The van der Waals surface area contributed by atoms with Gasteiger partial charge >= 0.3 is 0 Å². The van der Waals surface area contributed by atoms with Crippen LogP contribution in [0.15, 0.2) is 18.3 Å². The molecule has 3 nitrogen and oxygen atoms in total. The fourth-order valence-electron chi connectivity index (χ4n) is 1.88. The van der Waals surface area contributed by atoms with Gasteiger partial charge in [0.2, 0.25) is 0 Å². The maximum absolute atomic E-state index is 13.6. The van der Waals surface area contributed by atoms with Crippen molar-refractivity contribution in [3.05, 3.63) is 35.2 Å². The Hall–Kier alpha value is -1.78. The summed E-state index contributed by atoms with van der Waals surface area (Å²) < 4.78 is 27.2. The highest BCUT2D eigenvalue weighted by molar-refractivity contribution is 5.94. The standard InChI is InChI=1S/C14H16F2N2O/c1-3-9(2)18-13(19)11-7-10-5-4-6-14(15,16)12(10)17-8-11/h4-5,7-9H,3,6H2,1-2H3,(H,18,19). The van der Waals surface area contributed by atoms with E-state index in [2.05, 4.69) is 10.3 Å². The van der Waals surface area contributed by atoms with Crippen molar-refractivity contribution < 1.29 is 13.6 Å². The maximum Gasteiger partial charge on any atom is 0.293 e. The van der Waals surface area contributed by atoms with E-state index < -0.39 is 5.92 Å². The SMILES string of the molecule is CCC(C)NC(=O)c1cnc2c(c1)C=CCC2(F)F. The van der Waals surface area contributed by atoms with Crippen LogP contribution in [0.3, 0.4) is 0 Å². The summed E-state index contributed by atoms with van der Waals surface area (Å²) in [6.07, 6.45) is 4.66. The predicted molar refractivity (Wildman–Crippen MR) is 69.0 cm³/mol. The first-order valence-corrected chi connectivity index (χ1v) is 6.30. The number of carbonyl (C=O) groups is 1. The van der Waals surface area contributed by atoms with Gasteiger partial charge in [-0.15, -0.1) is 0 Å². The number of rotatable bonds is 3. The van der Waals surface area contributed by atoms with Gasteiger partial charge < -0.3 is 5.32 Å².